The van der Waals surface area contributed by atoms with E-state index in [-0.39, 0.29) is 17.3 Å². The van der Waals surface area contributed by atoms with Crippen molar-refractivity contribution in [2.75, 3.05) is 5.75 Å². The molecule has 17 heavy (non-hydrogen) atoms. The standard InChI is InChI=1S/C14H18O2S/c1-9(2)16-14(15)13-12-8-10(3)4-5-11(12)6-7-17-13/h4-5,8-9,13H,6-7H2,1-3H3. The van der Waals surface area contributed by atoms with E-state index in [4.69, 9.17) is 4.74 Å². The van der Waals surface area contributed by atoms with E-state index in [0.717, 1.165) is 17.7 Å². The Kier molecular flexibility index (Phi) is 3.77. The van der Waals surface area contributed by atoms with Crippen LogP contribution < -0.4 is 0 Å². The SMILES string of the molecule is Cc1ccc2c(c1)C(C(=O)OC(C)C)SCC2. The number of carbonyl (C=O) groups is 1. The maximum absolute atomic E-state index is 12.0. The van der Waals surface area contributed by atoms with Crippen LogP contribution in [-0.4, -0.2) is 17.8 Å². The van der Waals surface area contributed by atoms with Crippen molar-refractivity contribution in [2.45, 2.75) is 38.5 Å². The minimum atomic E-state index is -0.138. The molecule has 1 atom stereocenters. The van der Waals surface area contributed by atoms with Gasteiger partial charge in [0.05, 0.1) is 6.10 Å². The molecule has 2 rings (SSSR count). The fourth-order valence-corrected chi connectivity index (χ4v) is 3.22. The van der Waals surface area contributed by atoms with E-state index >= 15 is 0 Å². The largest absolute Gasteiger partial charge is 0.462 e. The molecule has 0 fully saturated rings. The number of ether oxygens (including phenoxy) is 1. The number of fused-ring (bicyclic) bond motifs is 1. The summed E-state index contributed by atoms with van der Waals surface area (Å²) in [4.78, 5) is 12.0. The Hall–Kier alpha value is -0.960. The summed E-state index contributed by atoms with van der Waals surface area (Å²) >= 11 is 1.69. The smallest absolute Gasteiger partial charge is 0.323 e. The van der Waals surface area contributed by atoms with Crippen molar-refractivity contribution in [2.24, 2.45) is 0 Å². The Morgan fingerprint density at radius 3 is 2.94 bits per heavy atom. The summed E-state index contributed by atoms with van der Waals surface area (Å²) in [5.41, 5.74) is 3.64. The highest BCUT2D eigenvalue weighted by atomic mass is 32.2. The molecule has 1 aromatic carbocycles. The molecule has 0 saturated heterocycles. The van der Waals surface area contributed by atoms with Crippen LogP contribution in [0.15, 0.2) is 18.2 Å². The van der Waals surface area contributed by atoms with Gasteiger partial charge in [-0.05, 0) is 44.1 Å². The average molecular weight is 250 g/mol. The Morgan fingerprint density at radius 1 is 1.47 bits per heavy atom. The lowest BCUT2D eigenvalue weighted by molar-refractivity contribution is -0.146. The second kappa shape index (κ2) is 5.13. The van der Waals surface area contributed by atoms with Crippen molar-refractivity contribution in [3.8, 4) is 0 Å². The molecule has 0 radical (unpaired) electrons. The summed E-state index contributed by atoms with van der Waals surface area (Å²) in [5.74, 6) is 0.894. The van der Waals surface area contributed by atoms with Gasteiger partial charge in [0, 0.05) is 0 Å². The molecule has 3 heteroatoms. The highest BCUT2D eigenvalue weighted by Crippen LogP contribution is 2.38. The van der Waals surface area contributed by atoms with Gasteiger partial charge in [-0.15, -0.1) is 11.8 Å². The number of hydrogen-bond acceptors (Lipinski definition) is 3. The lowest BCUT2D eigenvalue weighted by Crippen LogP contribution is -2.21. The molecule has 1 heterocycles. The van der Waals surface area contributed by atoms with Gasteiger partial charge in [0.1, 0.15) is 5.25 Å². The monoisotopic (exact) mass is 250 g/mol. The maximum Gasteiger partial charge on any atom is 0.323 e. The summed E-state index contributed by atoms with van der Waals surface area (Å²) in [7, 11) is 0. The molecule has 1 aliphatic rings. The minimum Gasteiger partial charge on any atom is -0.462 e. The topological polar surface area (TPSA) is 26.3 Å². The number of thioether (sulfide) groups is 1. The van der Waals surface area contributed by atoms with Crippen molar-refractivity contribution in [1.29, 1.82) is 0 Å². The van der Waals surface area contributed by atoms with E-state index in [1.54, 1.807) is 11.8 Å². The molecule has 0 saturated carbocycles. The summed E-state index contributed by atoms with van der Waals surface area (Å²) in [6.45, 7) is 5.84. The van der Waals surface area contributed by atoms with Crippen LogP contribution in [0.5, 0.6) is 0 Å². The predicted octanol–water partition coefficient (Wildman–Crippen LogP) is 3.28. The lowest BCUT2D eigenvalue weighted by Gasteiger charge is -2.24. The second-order valence-corrected chi connectivity index (χ2v) is 5.90. The quantitative estimate of drug-likeness (QED) is 0.753. The fraction of sp³-hybridized carbons (Fsp3) is 0.500. The third-order valence-corrected chi connectivity index (χ3v) is 4.03. The van der Waals surface area contributed by atoms with E-state index in [1.807, 2.05) is 13.8 Å². The molecule has 0 aromatic heterocycles. The predicted molar refractivity (Wildman–Crippen MR) is 71.3 cm³/mol. The van der Waals surface area contributed by atoms with E-state index in [0.29, 0.717) is 0 Å². The number of esters is 1. The van der Waals surface area contributed by atoms with Crippen LogP contribution in [-0.2, 0) is 16.0 Å². The average Bonchev–Trinajstić information content (AvgIpc) is 2.27. The number of aryl methyl sites for hydroxylation is 2. The first-order chi connectivity index (χ1) is 8.08. The van der Waals surface area contributed by atoms with Gasteiger partial charge >= 0.3 is 5.97 Å². The first-order valence-corrected chi connectivity index (χ1v) is 7.04. The van der Waals surface area contributed by atoms with Crippen LogP contribution in [0.25, 0.3) is 0 Å². The first kappa shape index (κ1) is 12.5. The Bertz CT molecular complexity index is 426. The van der Waals surface area contributed by atoms with Crippen LogP contribution in [0.3, 0.4) is 0 Å². The first-order valence-electron chi connectivity index (χ1n) is 5.99. The maximum atomic E-state index is 12.0. The zero-order valence-corrected chi connectivity index (χ0v) is 11.3. The molecule has 92 valence electrons. The molecule has 0 aliphatic carbocycles. The molecule has 1 aromatic rings. The number of carbonyl (C=O) groups excluding carboxylic acids is 1. The summed E-state index contributed by atoms with van der Waals surface area (Å²) in [6, 6.07) is 6.37. The van der Waals surface area contributed by atoms with Crippen molar-refractivity contribution in [1.82, 2.24) is 0 Å². The van der Waals surface area contributed by atoms with Gasteiger partial charge in [-0.1, -0.05) is 23.8 Å². The molecule has 0 N–H and O–H groups in total. The van der Waals surface area contributed by atoms with E-state index in [1.165, 1.54) is 11.1 Å². The van der Waals surface area contributed by atoms with Gasteiger partial charge in [-0.3, -0.25) is 4.79 Å². The second-order valence-electron chi connectivity index (χ2n) is 4.69. The molecule has 0 spiro atoms. The van der Waals surface area contributed by atoms with Gasteiger partial charge in [-0.25, -0.2) is 0 Å². The Labute approximate surface area is 107 Å². The van der Waals surface area contributed by atoms with Crippen LogP contribution in [0.1, 0.15) is 35.8 Å². The third kappa shape index (κ3) is 2.83. The van der Waals surface area contributed by atoms with Gasteiger partial charge in [-0.2, -0.15) is 0 Å². The van der Waals surface area contributed by atoms with Gasteiger partial charge in [0.2, 0.25) is 0 Å². The lowest BCUT2D eigenvalue weighted by atomic mass is 9.99. The number of hydrogen-bond donors (Lipinski definition) is 0. The number of rotatable bonds is 2. The summed E-state index contributed by atoms with van der Waals surface area (Å²) in [5, 5.41) is -0.138. The Balaban J connectivity index is 2.27. The molecular formula is C14H18O2S. The van der Waals surface area contributed by atoms with E-state index < -0.39 is 0 Å². The van der Waals surface area contributed by atoms with Gasteiger partial charge in [0.15, 0.2) is 0 Å². The van der Waals surface area contributed by atoms with Gasteiger partial charge < -0.3 is 4.74 Å². The van der Waals surface area contributed by atoms with Crippen LogP contribution in [0.4, 0.5) is 0 Å². The van der Waals surface area contributed by atoms with Crippen molar-refractivity contribution in [3.05, 3.63) is 34.9 Å². The Morgan fingerprint density at radius 2 is 2.24 bits per heavy atom. The number of benzene rings is 1. The molecule has 0 amide bonds. The zero-order valence-electron chi connectivity index (χ0n) is 10.5. The molecular weight excluding hydrogens is 232 g/mol. The highest BCUT2D eigenvalue weighted by molar-refractivity contribution is 8.00. The minimum absolute atomic E-state index is 0.0433. The highest BCUT2D eigenvalue weighted by Gasteiger charge is 2.28. The third-order valence-electron chi connectivity index (χ3n) is 2.81. The van der Waals surface area contributed by atoms with Crippen LogP contribution in [0.2, 0.25) is 0 Å². The van der Waals surface area contributed by atoms with E-state index in [9.17, 15) is 4.79 Å². The van der Waals surface area contributed by atoms with Crippen molar-refractivity contribution < 1.29 is 9.53 Å². The zero-order chi connectivity index (χ0) is 12.4. The van der Waals surface area contributed by atoms with Gasteiger partial charge in [0.25, 0.3) is 0 Å². The summed E-state index contributed by atoms with van der Waals surface area (Å²) < 4.78 is 5.33. The molecule has 2 nitrogen and oxygen atoms in total. The molecule has 0 bridgehead atoms. The van der Waals surface area contributed by atoms with E-state index in [2.05, 4.69) is 25.1 Å². The van der Waals surface area contributed by atoms with Crippen LogP contribution in [0, 0.1) is 6.92 Å². The molecule has 1 aliphatic heterocycles. The molecule has 1 unspecified atom stereocenters. The van der Waals surface area contributed by atoms with Crippen molar-refractivity contribution in [3.63, 3.8) is 0 Å². The van der Waals surface area contributed by atoms with Crippen LogP contribution >= 0.6 is 11.8 Å². The normalized spacial score (nSPS) is 18.9. The van der Waals surface area contributed by atoms with Crippen molar-refractivity contribution >= 4 is 17.7 Å². The summed E-state index contributed by atoms with van der Waals surface area (Å²) in [6.07, 6.45) is 1.00. The fourth-order valence-electron chi connectivity index (χ4n) is 2.05.